The van der Waals surface area contributed by atoms with Gasteiger partial charge < -0.3 is 10.1 Å². The number of nitrogens with zero attached hydrogens (tertiary/aromatic N) is 1. The van der Waals surface area contributed by atoms with E-state index in [4.69, 9.17) is 4.74 Å². The molecule has 3 amide bonds. The van der Waals surface area contributed by atoms with E-state index in [1.54, 1.807) is 6.92 Å². The number of fused-ring (bicyclic) bond motifs is 1. The Morgan fingerprint density at radius 1 is 1.36 bits per heavy atom. The highest BCUT2D eigenvalue weighted by molar-refractivity contribution is 6.06. The number of ether oxygens (including phenoxy) is 1. The molecule has 1 aromatic carbocycles. The maximum Gasteiger partial charge on any atom is 0.325 e. The van der Waals surface area contributed by atoms with Crippen molar-refractivity contribution in [1.29, 1.82) is 0 Å². The lowest BCUT2D eigenvalue weighted by molar-refractivity contribution is -0.132. The lowest BCUT2D eigenvalue weighted by Crippen LogP contribution is -2.48. The smallest absolute Gasteiger partial charge is 0.325 e. The van der Waals surface area contributed by atoms with Gasteiger partial charge >= 0.3 is 6.03 Å². The molecular weight excluding hydrogens is 280 g/mol. The quantitative estimate of drug-likeness (QED) is 0.867. The number of carbonyl (C=O) groups is 2. The summed E-state index contributed by atoms with van der Waals surface area (Å²) >= 11 is 0. The van der Waals surface area contributed by atoms with Crippen molar-refractivity contribution >= 4 is 11.9 Å². The van der Waals surface area contributed by atoms with Gasteiger partial charge in [0, 0.05) is 13.0 Å². The lowest BCUT2D eigenvalue weighted by atomic mass is 9.88. The summed E-state index contributed by atoms with van der Waals surface area (Å²) in [4.78, 5) is 25.9. The summed E-state index contributed by atoms with van der Waals surface area (Å²) in [5.41, 5.74) is 1.55. The molecule has 0 spiro atoms. The highest BCUT2D eigenvalue weighted by Gasteiger charge is 2.49. The summed E-state index contributed by atoms with van der Waals surface area (Å²) in [5, 5.41) is 2.82. The first-order valence-electron chi connectivity index (χ1n) is 7.80. The molecule has 5 nitrogen and oxygen atoms in total. The van der Waals surface area contributed by atoms with Crippen LogP contribution in [0.4, 0.5) is 4.79 Å². The van der Waals surface area contributed by atoms with Crippen molar-refractivity contribution in [3.63, 3.8) is 0 Å². The van der Waals surface area contributed by atoms with E-state index in [1.807, 2.05) is 26.0 Å². The summed E-state index contributed by atoms with van der Waals surface area (Å²) in [6, 6.07) is 5.81. The summed E-state index contributed by atoms with van der Waals surface area (Å²) < 4.78 is 5.49. The molecule has 1 aromatic rings. The summed E-state index contributed by atoms with van der Waals surface area (Å²) in [6.45, 7) is 6.83. The van der Waals surface area contributed by atoms with E-state index in [0.29, 0.717) is 13.0 Å². The van der Waals surface area contributed by atoms with Crippen molar-refractivity contribution in [3.05, 3.63) is 29.3 Å². The van der Waals surface area contributed by atoms with Crippen LogP contribution in [-0.2, 0) is 17.6 Å². The van der Waals surface area contributed by atoms with Crippen LogP contribution in [0.2, 0.25) is 0 Å². The monoisotopic (exact) mass is 302 g/mol. The predicted octanol–water partition coefficient (Wildman–Crippen LogP) is 2.13. The Balaban J connectivity index is 1.69. The number of imide groups is 1. The zero-order valence-electron chi connectivity index (χ0n) is 13.3. The predicted molar refractivity (Wildman–Crippen MR) is 82.8 cm³/mol. The van der Waals surface area contributed by atoms with Crippen molar-refractivity contribution < 1.29 is 14.3 Å². The molecule has 1 N–H and O–H groups in total. The van der Waals surface area contributed by atoms with E-state index < -0.39 is 5.54 Å². The molecule has 2 heterocycles. The van der Waals surface area contributed by atoms with Gasteiger partial charge in [-0.05, 0) is 36.5 Å². The zero-order chi connectivity index (χ0) is 15.9. The first-order valence-corrected chi connectivity index (χ1v) is 7.80. The molecule has 1 saturated heterocycles. The third-order valence-corrected chi connectivity index (χ3v) is 4.83. The largest absolute Gasteiger partial charge is 0.493 e. The number of rotatable bonds is 4. The standard InChI is InChI=1S/C17H22N2O3/c1-11(2)17(3)15(20)19(16(21)18-17)8-6-12-4-5-14-13(10-12)7-9-22-14/h4-5,10-11H,6-9H2,1-3H3,(H,18,21)/t17-/m1/s1. The second-order valence-corrected chi connectivity index (χ2v) is 6.53. The van der Waals surface area contributed by atoms with E-state index >= 15 is 0 Å². The first-order chi connectivity index (χ1) is 10.4. The van der Waals surface area contributed by atoms with Crippen LogP contribution < -0.4 is 10.1 Å². The van der Waals surface area contributed by atoms with Crippen LogP contribution in [-0.4, -0.2) is 35.5 Å². The highest BCUT2D eigenvalue weighted by atomic mass is 16.5. The third-order valence-electron chi connectivity index (χ3n) is 4.83. The number of nitrogens with one attached hydrogen (secondary N) is 1. The van der Waals surface area contributed by atoms with Gasteiger partial charge in [0.25, 0.3) is 5.91 Å². The van der Waals surface area contributed by atoms with Gasteiger partial charge in [0.15, 0.2) is 0 Å². The number of hydrogen-bond acceptors (Lipinski definition) is 3. The number of carbonyl (C=O) groups excluding carboxylic acids is 2. The van der Waals surface area contributed by atoms with Crippen molar-refractivity contribution in [2.75, 3.05) is 13.2 Å². The van der Waals surface area contributed by atoms with Crippen LogP contribution in [0.25, 0.3) is 0 Å². The van der Waals surface area contributed by atoms with Crippen molar-refractivity contribution in [2.24, 2.45) is 5.92 Å². The molecule has 2 aliphatic heterocycles. The number of amides is 3. The van der Waals surface area contributed by atoms with E-state index in [1.165, 1.54) is 10.5 Å². The Hall–Kier alpha value is -2.04. The van der Waals surface area contributed by atoms with Crippen LogP contribution in [0.3, 0.4) is 0 Å². The van der Waals surface area contributed by atoms with Crippen LogP contribution >= 0.6 is 0 Å². The van der Waals surface area contributed by atoms with Crippen molar-refractivity contribution in [2.45, 2.75) is 39.2 Å². The van der Waals surface area contributed by atoms with Gasteiger partial charge in [0.1, 0.15) is 11.3 Å². The van der Waals surface area contributed by atoms with E-state index in [9.17, 15) is 9.59 Å². The Morgan fingerprint density at radius 2 is 2.14 bits per heavy atom. The second-order valence-electron chi connectivity index (χ2n) is 6.53. The zero-order valence-corrected chi connectivity index (χ0v) is 13.3. The van der Waals surface area contributed by atoms with E-state index in [2.05, 4.69) is 11.4 Å². The van der Waals surface area contributed by atoms with Crippen molar-refractivity contribution in [3.8, 4) is 5.75 Å². The van der Waals surface area contributed by atoms with Gasteiger partial charge in [-0.3, -0.25) is 9.69 Å². The Labute approximate surface area is 130 Å². The number of hydrogen-bond donors (Lipinski definition) is 1. The van der Waals surface area contributed by atoms with Crippen LogP contribution in [0.5, 0.6) is 5.75 Å². The van der Waals surface area contributed by atoms with Crippen LogP contribution in [0.1, 0.15) is 31.9 Å². The van der Waals surface area contributed by atoms with Gasteiger partial charge in [-0.25, -0.2) is 4.79 Å². The highest BCUT2D eigenvalue weighted by Crippen LogP contribution is 2.28. The molecule has 0 unspecified atom stereocenters. The summed E-state index contributed by atoms with van der Waals surface area (Å²) in [7, 11) is 0. The first kappa shape index (κ1) is 14.9. The minimum Gasteiger partial charge on any atom is -0.493 e. The number of urea groups is 1. The third kappa shape index (κ3) is 2.34. The minimum absolute atomic E-state index is 0.0612. The molecule has 5 heteroatoms. The molecule has 0 aliphatic carbocycles. The average molecular weight is 302 g/mol. The van der Waals surface area contributed by atoms with Crippen LogP contribution in [0, 0.1) is 5.92 Å². The SMILES string of the molecule is CC(C)[C@@]1(C)NC(=O)N(CCc2ccc3c(c2)CCO3)C1=O. The summed E-state index contributed by atoms with van der Waals surface area (Å²) in [5.74, 6) is 0.884. The van der Waals surface area contributed by atoms with Crippen LogP contribution in [0.15, 0.2) is 18.2 Å². The minimum atomic E-state index is -0.789. The maximum absolute atomic E-state index is 12.5. The van der Waals surface area contributed by atoms with Gasteiger partial charge in [-0.15, -0.1) is 0 Å². The number of benzene rings is 1. The molecule has 1 atom stereocenters. The fourth-order valence-corrected chi connectivity index (χ4v) is 2.95. The molecule has 22 heavy (non-hydrogen) atoms. The molecule has 0 radical (unpaired) electrons. The molecule has 1 fully saturated rings. The molecule has 3 rings (SSSR count). The van der Waals surface area contributed by atoms with Gasteiger partial charge in [-0.1, -0.05) is 26.0 Å². The normalized spacial score (nSPS) is 23.7. The van der Waals surface area contributed by atoms with Gasteiger partial charge in [0.2, 0.25) is 0 Å². The topological polar surface area (TPSA) is 58.6 Å². The second kappa shape index (κ2) is 5.30. The molecule has 118 valence electrons. The molecule has 0 aromatic heterocycles. The summed E-state index contributed by atoms with van der Waals surface area (Å²) in [6.07, 6.45) is 1.60. The Bertz CT molecular complexity index is 626. The Morgan fingerprint density at radius 3 is 2.82 bits per heavy atom. The van der Waals surface area contributed by atoms with E-state index in [-0.39, 0.29) is 17.9 Å². The van der Waals surface area contributed by atoms with Gasteiger partial charge in [0.05, 0.1) is 6.61 Å². The molecule has 0 bridgehead atoms. The lowest BCUT2D eigenvalue weighted by Gasteiger charge is -2.25. The molecular formula is C17H22N2O3. The molecule has 2 aliphatic rings. The maximum atomic E-state index is 12.5. The fourth-order valence-electron chi connectivity index (χ4n) is 2.95. The average Bonchev–Trinajstić information content (AvgIpc) is 3.01. The molecule has 0 saturated carbocycles. The fraction of sp³-hybridized carbons (Fsp3) is 0.529. The van der Waals surface area contributed by atoms with Gasteiger partial charge in [-0.2, -0.15) is 0 Å². The van der Waals surface area contributed by atoms with Crippen molar-refractivity contribution in [1.82, 2.24) is 10.2 Å². The van der Waals surface area contributed by atoms with E-state index in [0.717, 1.165) is 24.3 Å². The Kier molecular flexibility index (Phi) is 3.59.